The smallest absolute Gasteiger partial charge is 0.175 e. The highest BCUT2D eigenvalue weighted by Gasteiger charge is 2.30. The molecule has 0 amide bonds. The Morgan fingerprint density at radius 2 is 2.06 bits per heavy atom. The summed E-state index contributed by atoms with van der Waals surface area (Å²) in [6, 6.07) is 4.19. The van der Waals surface area contributed by atoms with Gasteiger partial charge in [0.05, 0.1) is 4.47 Å². The molecule has 1 N–H and O–H groups in total. The molecule has 2 aliphatic rings. The number of fused-ring (bicyclic) bond motifs is 1. The van der Waals surface area contributed by atoms with E-state index in [0.717, 1.165) is 22.5 Å². The molecular weight excluding hydrogens is 294 g/mol. The van der Waals surface area contributed by atoms with Gasteiger partial charge in [0, 0.05) is 12.1 Å². The number of ether oxygens (including phenoxy) is 2. The summed E-state index contributed by atoms with van der Waals surface area (Å²) in [4.78, 5) is 0. The summed E-state index contributed by atoms with van der Waals surface area (Å²) < 4.78 is 12.2. The molecule has 0 atom stereocenters. The van der Waals surface area contributed by atoms with E-state index in [1.165, 1.54) is 24.8 Å². The highest BCUT2D eigenvalue weighted by Crippen LogP contribution is 2.39. The lowest BCUT2D eigenvalue weighted by molar-refractivity contribution is 0.170. The van der Waals surface area contributed by atoms with E-state index in [4.69, 9.17) is 9.47 Å². The molecule has 1 aromatic rings. The molecule has 3 rings (SSSR count). The Balaban J connectivity index is 1.74. The van der Waals surface area contributed by atoms with E-state index < -0.39 is 0 Å². The van der Waals surface area contributed by atoms with Crippen molar-refractivity contribution in [2.75, 3.05) is 13.2 Å². The number of nitrogens with one attached hydrogen (secondary N) is 1. The van der Waals surface area contributed by atoms with Crippen LogP contribution in [0.2, 0.25) is 0 Å². The van der Waals surface area contributed by atoms with E-state index in [9.17, 15) is 0 Å². The van der Waals surface area contributed by atoms with Crippen molar-refractivity contribution in [3.8, 4) is 11.5 Å². The van der Waals surface area contributed by atoms with Crippen LogP contribution in [0.5, 0.6) is 11.5 Å². The van der Waals surface area contributed by atoms with Crippen molar-refractivity contribution in [3.05, 3.63) is 22.2 Å². The molecule has 0 unspecified atom stereocenters. The monoisotopic (exact) mass is 311 g/mol. The average molecular weight is 312 g/mol. The van der Waals surface area contributed by atoms with E-state index in [0.29, 0.717) is 18.8 Å². The molecule has 1 aliphatic carbocycles. The summed E-state index contributed by atoms with van der Waals surface area (Å²) in [5.41, 5.74) is 1.57. The van der Waals surface area contributed by atoms with E-state index in [1.54, 1.807) is 0 Å². The van der Waals surface area contributed by atoms with Crippen LogP contribution in [0.4, 0.5) is 0 Å². The average Bonchev–Trinajstić information content (AvgIpc) is 2.34. The maximum atomic E-state index is 5.63. The topological polar surface area (TPSA) is 30.5 Å². The quantitative estimate of drug-likeness (QED) is 0.929. The van der Waals surface area contributed by atoms with Crippen LogP contribution >= 0.6 is 15.9 Å². The minimum Gasteiger partial charge on any atom is -0.486 e. The SMILES string of the molecule is CC1(NCc2cc(Br)c3c(c2)OCCO3)CCC1. The number of hydrogen-bond acceptors (Lipinski definition) is 3. The summed E-state index contributed by atoms with van der Waals surface area (Å²) in [5.74, 6) is 1.69. The minimum atomic E-state index is 0.333. The Bertz CT molecular complexity index is 457. The van der Waals surface area contributed by atoms with Crippen LogP contribution in [0.25, 0.3) is 0 Å². The van der Waals surface area contributed by atoms with Gasteiger partial charge >= 0.3 is 0 Å². The predicted molar refractivity (Wildman–Crippen MR) is 74.2 cm³/mol. The molecule has 1 saturated carbocycles. The normalized spacial score (nSPS) is 20.3. The molecule has 98 valence electrons. The third-order valence-corrected chi connectivity index (χ3v) is 4.42. The van der Waals surface area contributed by atoms with Gasteiger partial charge in [-0.2, -0.15) is 0 Å². The Morgan fingerprint density at radius 1 is 1.28 bits per heavy atom. The van der Waals surface area contributed by atoms with Gasteiger partial charge in [0.15, 0.2) is 11.5 Å². The highest BCUT2D eigenvalue weighted by molar-refractivity contribution is 9.10. The fourth-order valence-corrected chi connectivity index (χ4v) is 3.07. The Morgan fingerprint density at radius 3 is 2.78 bits per heavy atom. The van der Waals surface area contributed by atoms with Crippen molar-refractivity contribution >= 4 is 15.9 Å². The number of benzene rings is 1. The van der Waals surface area contributed by atoms with Crippen molar-refractivity contribution in [3.63, 3.8) is 0 Å². The zero-order valence-electron chi connectivity index (χ0n) is 10.6. The standard InChI is InChI=1S/C14H18BrNO2/c1-14(3-2-4-14)16-9-10-7-11(15)13-12(8-10)17-5-6-18-13/h7-8,16H,2-6,9H2,1H3. The molecule has 0 saturated heterocycles. The molecule has 3 nitrogen and oxygen atoms in total. The van der Waals surface area contributed by atoms with E-state index in [-0.39, 0.29) is 0 Å². The molecule has 0 radical (unpaired) electrons. The van der Waals surface area contributed by atoms with Crippen LogP contribution in [0, 0.1) is 0 Å². The number of rotatable bonds is 3. The third kappa shape index (κ3) is 2.36. The second-order valence-electron chi connectivity index (χ2n) is 5.37. The van der Waals surface area contributed by atoms with Gasteiger partial charge in [-0.05, 0) is 59.8 Å². The lowest BCUT2D eigenvalue weighted by Crippen LogP contribution is -2.47. The van der Waals surface area contributed by atoms with Crippen molar-refractivity contribution in [1.29, 1.82) is 0 Å². The second kappa shape index (κ2) is 4.74. The van der Waals surface area contributed by atoms with Crippen molar-refractivity contribution < 1.29 is 9.47 Å². The molecule has 1 aliphatic heterocycles. The van der Waals surface area contributed by atoms with Crippen LogP contribution in [0.1, 0.15) is 31.7 Å². The molecule has 4 heteroatoms. The molecule has 0 bridgehead atoms. The first-order valence-electron chi connectivity index (χ1n) is 6.49. The van der Waals surface area contributed by atoms with E-state index >= 15 is 0 Å². The third-order valence-electron chi connectivity index (χ3n) is 3.83. The van der Waals surface area contributed by atoms with Crippen LogP contribution in [0.3, 0.4) is 0 Å². The number of hydrogen-bond donors (Lipinski definition) is 1. The van der Waals surface area contributed by atoms with Gasteiger partial charge in [-0.1, -0.05) is 0 Å². The molecule has 0 aromatic heterocycles. The Kier molecular flexibility index (Phi) is 3.24. The van der Waals surface area contributed by atoms with E-state index in [2.05, 4.69) is 40.3 Å². The molecule has 1 aromatic carbocycles. The summed E-state index contributed by atoms with van der Waals surface area (Å²) in [6.45, 7) is 4.44. The first kappa shape index (κ1) is 12.3. The first-order chi connectivity index (χ1) is 8.66. The summed E-state index contributed by atoms with van der Waals surface area (Å²) in [6.07, 6.45) is 3.89. The van der Waals surface area contributed by atoms with Crippen molar-refractivity contribution in [2.45, 2.75) is 38.3 Å². The molecule has 1 fully saturated rings. The van der Waals surface area contributed by atoms with Gasteiger partial charge in [-0.3, -0.25) is 0 Å². The fourth-order valence-electron chi connectivity index (χ4n) is 2.47. The predicted octanol–water partition coefficient (Wildman–Crippen LogP) is 3.25. The zero-order valence-corrected chi connectivity index (χ0v) is 12.2. The fraction of sp³-hybridized carbons (Fsp3) is 0.571. The molecule has 0 spiro atoms. The molecule has 18 heavy (non-hydrogen) atoms. The van der Waals surface area contributed by atoms with Gasteiger partial charge in [-0.25, -0.2) is 0 Å². The molecule has 1 heterocycles. The molecular formula is C14H18BrNO2. The summed E-state index contributed by atoms with van der Waals surface area (Å²) >= 11 is 3.55. The Hall–Kier alpha value is -0.740. The van der Waals surface area contributed by atoms with Crippen molar-refractivity contribution in [1.82, 2.24) is 5.32 Å². The van der Waals surface area contributed by atoms with Crippen molar-refractivity contribution in [2.24, 2.45) is 0 Å². The van der Waals surface area contributed by atoms with E-state index in [1.807, 2.05) is 0 Å². The van der Waals surface area contributed by atoms with Gasteiger partial charge in [0.2, 0.25) is 0 Å². The van der Waals surface area contributed by atoms with Crippen LogP contribution in [-0.2, 0) is 6.54 Å². The maximum absolute atomic E-state index is 5.63. The maximum Gasteiger partial charge on any atom is 0.175 e. The van der Waals surface area contributed by atoms with Gasteiger partial charge in [0.1, 0.15) is 13.2 Å². The second-order valence-corrected chi connectivity index (χ2v) is 6.22. The summed E-state index contributed by atoms with van der Waals surface area (Å²) in [5, 5.41) is 3.63. The largest absolute Gasteiger partial charge is 0.486 e. The Labute approximate surface area is 116 Å². The first-order valence-corrected chi connectivity index (χ1v) is 7.29. The van der Waals surface area contributed by atoms with Crippen LogP contribution in [-0.4, -0.2) is 18.8 Å². The lowest BCUT2D eigenvalue weighted by Gasteiger charge is -2.39. The zero-order chi connectivity index (χ0) is 12.6. The van der Waals surface area contributed by atoms with Gasteiger partial charge in [0.25, 0.3) is 0 Å². The van der Waals surface area contributed by atoms with Crippen LogP contribution < -0.4 is 14.8 Å². The lowest BCUT2D eigenvalue weighted by atomic mass is 9.78. The highest BCUT2D eigenvalue weighted by atomic mass is 79.9. The van der Waals surface area contributed by atoms with Gasteiger partial charge < -0.3 is 14.8 Å². The summed E-state index contributed by atoms with van der Waals surface area (Å²) in [7, 11) is 0. The minimum absolute atomic E-state index is 0.333. The van der Waals surface area contributed by atoms with Gasteiger partial charge in [-0.15, -0.1) is 0 Å². The number of halogens is 1. The van der Waals surface area contributed by atoms with Crippen LogP contribution in [0.15, 0.2) is 16.6 Å².